The monoisotopic (exact) mass is 181 g/mol. The number of piperidine rings is 1. The van der Waals surface area contributed by atoms with Crippen molar-refractivity contribution in [2.45, 2.75) is 24.1 Å². The molecule has 4 unspecified atom stereocenters. The molecular formula is C9H11NO3. The van der Waals surface area contributed by atoms with Crippen molar-refractivity contribution in [1.82, 2.24) is 4.90 Å². The molecule has 13 heavy (non-hydrogen) atoms. The van der Waals surface area contributed by atoms with Crippen LogP contribution in [0.2, 0.25) is 0 Å². The van der Waals surface area contributed by atoms with E-state index in [4.69, 9.17) is 0 Å². The van der Waals surface area contributed by atoms with E-state index in [-0.39, 0.29) is 23.8 Å². The molecule has 1 aliphatic heterocycles. The highest BCUT2D eigenvalue weighted by molar-refractivity contribution is 5.77. The van der Waals surface area contributed by atoms with E-state index in [0.29, 0.717) is 5.92 Å². The molecule has 0 bridgehead atoms. The molecule has 4 nitrogen and oxygen atoms in total. The summed E-state index contributed by atoms with van der Waals surface area (Å²) in [5.41, 5.74) is -0.160. The van der Waals surface area contributed by atoms with Crippen molar-refractivity contribution in [2.75, 3.05) is 7.11 Å². The molecule has 2 fully saturated rings. The molecule has 0 radical (unpaired) electrons. The molecule has 0 aromatic carbocycles. The predicted molar refractivity (Wildman–Crippen MR) is 44.0 cm³/mol. The number of hydrogen-bond donors (Lipinski definition) is 1. The molecule has 0 aromatic rings. The van der Waals surface area contributed by atoms with Crippen molar-refractivity contribution < 1.29 is 14.6 Å². The molecule has 4 atom stereocenters. The van der Waals surface area contributed by atoms with Crippen LogP contribution in [-0.2, 0) is 4.74 Å². The predicted octanol–water partition coefficient (Wildman–Crippen LogP) is 0.126. The van der Waals surface area contributed by atoms with Crippen molar-refractivity contribution in [3.05, 3.63) is 12.2 Å². The van der Waals surface area contributed by atoms with Crippen molar-refractivity contribution in [3.8, 4) is 0 Å². The lowest BCUT2D eigenvalue weighted by Gasteiger charge is -2.27. The summed E-state index contributed by atoms with van der Waals surface area (Å²) in [6, 6.07) is -0.0186. The number of nitrogens with zero attached hydrogens (tertiary/aromatic N) is 1. The van der Waals surface area contributed by atoms with Gasteiger partial charge in [0.2, 0.25) is 0 Å². The summed E-state index contributed by atoms with van der Waals surface area (Å²) in [5, 5.41) is 9.64. The number of methoxy groups -OCH3 is 1. The van der Waals surface area contributed by atoms with Gasteiger partial charge in [-0.3, -0.25) is 4.90 Å². The van der Waals surface area contributed by atoms with Crippen LogP contribution in [0.5, 0.6) is 0 Å². The number of aliphatic hydroxyl groups excluding tert-OH is 1. The number of aliphatic hydroxyl groups is 1. The topological polar surface area (TPSA) is 49.5 Å². The van der Waals surface area contributed by atoms with Crippen LogP contribution in [0.25, 0.3) is 0 Å². The lowest BCUT2D eigenvalue weighted by molar-refractivity contribution is 0.108. The molecule has 0 aromatic heterocycles. The molecule has 3 aliphatic rings. The lowest BCUT2D eigenvalue weighted by atomic mass is 9.83. The van der Waals surface area contributed by atoms with Crippen molar-refractivity contribution >= 4 is 6.09 Å². The zero-order valence-electron chi connectivity index (χ0n) is 7.30. The number of likely N-dealkylation sites (tertiary alicyclic amines) is 1. The Labute approximate surface area is 75.8 Å². The van der Waals surface area contributed by atoms with Crippen LogP contribution in [0.3, 0.4) is 0 Å². The summed E-state index contributed by atoms with van der Waals surface area (Å²) in [6.07, 6.45) is 4.16. The quantitative estimate of drug-likeness (QED) is 0.427. The van der Waals surface area contributed by atoms with Gasteiger partial charge in [0.05, 0.1) is 24.8 Å². The van der Waals surface area contributed by atoms with Crippen LogP contribution in [0.1, 0.15) is 6.42 Å². The third-order valence-corrected chi connectivity index (χ3v) is 3.52. The van der Waals surface area contributed by atoms with E-state index in [9.17, 15) is 9.90 Å². The number of ether oxygens (including phenoxy) is 1. The Hall–Kier alpha value is -1.03. The van der Waals surface area contributed by atoms with Crippen LogP contribution in [0, 0.1) is 5.92 Å². The summed E-state index contributed by atoms with van der Waals surface area (Å²) in [7, 11) is 1.37. The molecule has 4 heteroatoms. The zero-order chi connectivity index (χ0) is 9.22. The number of rotatable bonds is 0. The number of carbonyl (C=O) groups is 1. The average Bonchev–Trinajstić information content (AvgIpc) is 2.77. The van der Waals surface area contributed by atoms with Gasteiger partial charge in [0.15, 0.2) is 0 Å². The first-order valence-corrected chi connectivity index (χ1v) is 4.46. The Morgan fingerprint density at radius 2 is 2.54 bits per heavy atom. The van der Waals surface area contributed by atoms with E-state index in [2.05, 4.69) is 10.8 Å². The molecule has 1 amide bonds. The molecule has 1 N–H and O–H groups in total. The van der Waals surface area contributed by atoms with E-state index in [1.807, 2.05) is 6.08 Å². The fourth-order valence-electron chi connectivity index (χ4n) is 2.86. The number of amides is 1. The van der Waals surface area contributed by atoms with E-state index >= 15 is 0 Å². The molecule has 1 heterocycles. The van der Waals surface area contributed by atoms with Gasteiger partial charge in [0.25, 0.3) is 0 Å². The van der Waals surface area contributed by atoms with Crippen molar-refractivity contribution in [3.63, 3.8) is 0 Å². The van der Waals surface area contributed by atoms with Crippen LogP contribution >= 0.6 is 0 Å². The summed E-state index contributed by atoms with van der Waals surface area (Å²) >= 11 is 0. The summed E-state index contributed by atoms with van der Waals surface area (Å²) < 4.78 is 4.65. The fourth-order valence-corrected chi connectivity index (χ4v) is 2.86. The van der Waals surface area contributed by atoms with E-state index in [1.54, 1.807) is 4.90 Å². The summed E-state index contributed by atoms with van der Waals surface area (Å²) in [4.78, 5) is 12.9. The Bertz CT molecular complexity index is 314. The number of hydrogen-bond acceptors (Lipinski definition) is 3. The third-order valence-electron chi connectivity index (χ3n) is 3.52. The van der Waals surface area contributed by atoms with Gasteiger partial charge in [0, 0.05) is 5.92 Å². The van der Waals surface area contributed by atoms with Crippen LogP contribution < -0.4 is 0 Å². The van der Waals surface area contributed by atoms with Crippen molar-refractivity contribution in [1.29, 1.82) is 0 Å². The van der Waals surface area contributed by atoms with Gasteiger partial charge in [-0.1, -0.05) is 12.2 Å². The minimum atomic E-state index is -0.376. The molecule has 1 saturated heterocycles. The van der Waals surface area contributed by atoms with Gasteiger partial charge in [-0.05, 0) is 6.42 Å². The van der Waals surface area contributed by atoms with Crippen LogP contribution in [-0.4, -0.2) is 40.9 Å². The van der Waals surface area contributed by atoms with Gasteiger partial charge in [-0.2, -0.15) is 0 Å². The number of carbonyl (C=O) groups excluding carboxylic acids is 1. The Morgan fingerprint density at radius 1 is 1.77 bits per heavy atom. The first-order valence-electron chi connectivity index (χ1n) is 4.46. The van der Waals surface area contributed by atoms with E-state index < -0.39 is 0 Å². The molecule has 2 aliphatic carbocycles. The maximum absolute atomic E-state index is 11.3. The second-order valence-electron chi connectivity index (χ2n) is 3.94. The fraction of sp³-hybridized carbons (Fsp3) is 0.667. The van der Waals surface area contributed by atoms with Gasteiger partial charge < -0.3 is 9.84 Å². The lowest BCUT2D eigenvalue weighted by Crippen LogP contribution is -2.34. The SMILES string of the molecule is COC(=O)N1C2C(O)CC3C=CC321. The smallest absolute Gasteiger partial charge is 0.410 e. The van der Waals surface area contributed by atoms with Gasteiger partial charge in [-0.25, -0.2) is 4.79 Å². The summed E-state index contributed by atoms with van der Waals surface area (Å²) in [5.74, 6) is 0.353. The highest BCUT2D eigenvalue weighted by Crippen LogP contribution is 2.62. The minimum Gasteiger partial charge on any atom is -0.453 e. The highest BCUT2D eigenvalue weighted by Gasteiger charge is 2.77. The second-order valence-corrected chi connectivity index (χ2v) is 3.94. The largest absolute Gasteiger partial charge is 0.453 e. The van der Waals surface area contributed by atoms with Crippen LogP contribution in [0.4, 0.5) is 4.79 Å². The molecule has 1 spiro atoms. The molecular weight excluding hydrogens is 170 g/mol. The first kappa shape index (κ1) is 7.38. The standard InChI is InChI=1S/C9H11NO3/c1-13-8(12)10-7-6(11)4-5-2-3-9(5,7)10/h2-3,5-7,11H,4H2,1H3. The Balaban J connectivity index is 1.91. The maximum atomic E-state index is 11.3. The van der Waals surface area contributed by atoms with Crippen molar-refractivity contribution in [2.24, 2.45) is 5.92 Å². The average molecular weight is 181 g/mol. The first-order chi connectivity index (χ1) is 6.21. The molecule has 3 rings (SSSR count). The Kier molecular flexibility index (Phi) is 1.08. The molecule has 1 saturated carbocycles. The van der Waals surface area contributed by atoms with E-state index in [0.717, 1.165) is 6.42 Å². The summed E-state index contributed by atoms with van der Waals surface area (Å²) in [6.45, 7) is 0. The van der Waals surface area contributed by atoms with Gasteiger partial charge in [0.1, 0.15) is 0 Å². The highest BCUT2D eigenvalue weighted by atomic mass is 16.5. The normalized spacial score (nSPS) is 49.4. The van der Waals surface area contributed by atoms with Crippen LogP contribution in [0.15, 0.2) is 12.2 Å². The Morgan fingerprint density at radius 3 is 3.00 bits per heavy atom. The zero-order valence-corrected chi connectivity index (χ0v) is 7.30. The third kappa shape index (κ3) is 0.581. The molecule has 70 valence electrons. The second kappa shape index (κ2) is 1.90. The van der Waals surface area contributed by atoms with Gasteiger partial charge >= 0.3 is 6.09 Å². The van der Waals surface area contributed by atoms with Gasteiger partial charge in [-0.15, -0.1) is 0 Å². The minimum absolute atomic E-state index is 0.0186. The maximum Gasteiger partial charge on any atom is 0.410 e. The van der Waals surface area contributed by atoms with E-state index in [1.165, 1.54) is 7.11 Å².